The minimum Gasteiger partial charge on any atom is -0.496 e. The molecular weight excluding hydrogens is 356 g/mol. The maximum absolute atomic E-state index is 12.5. The number of non-ortho nitro benzene ring substituents is 1. The molecule has 2 heterocycles. The van der Waals surface area contributed by atoms with Crippen molar-refractivity contribution in [3.05, 3.63) is 45.0 Å². The van der Waals surface area contributed by atoms with E-state index in [0.29, 0.717) is 5.13 Å². The summed E-state index contributed by atoms with van der Waals surface area (Å²) in [6, 6.07) is 3.92. The second kappa shape index (κ2) is 8.24. The van der Waals surface area contributed by atoms with E-state index in [2.05, 4.69) is 15.2 Å². The minimum atomic E-state index is -0.545. The molecule has 0 aliphatic carbocycles. The number of thiazole rings is 1. The van der Waals surface area contributed by atoms with Gasteiger partial charge in [0.25, 0.3) is 11.6 Å². The number of benzene rings is 1. The second-order valence-corrected chi connectivity index (χ2v) is 6.93. The van der Waals surface area contributed by atoms with Gasteiger partial charge >= 0.3 is 0 Å². The topological polar surface area (TPSA) is 97.6 Å². The largest absolute Gasteiger partial charge is 0.496 e. The molecule has 1 saturated heterocycles. The first-order valence-electron chi connectivity index (χ1n) is 8.37. The number of piperidine rings is 1. The number of aromatic nitrogens is 1. The van der Waals surface area contributed by atoms with Crippen molar-refractivity contribution in [1.82, 2.24) is 9.88 Å². The summed E-state index contributed by atoms with van der Waals surface area (Å²) in [7, 11) is 1.41. The summed E-state index contributed by atoms with van der Waals surface area (Å²) in [6.45, 7) is 2.92. The van der Waals surface area contributed by atoms with Crippen molar-refractivity contribution in [1.29, 1.82) is 0 Å². The summed E-state index contributed by atoms with van der Waals surface area (Å²) in [6.07, 6.45) is 3.69. The number of nitro benzene ring substituents is 1. The van der Waals surface area contributed by atoms with Gasteiger partial charge in [-0.2, -0.15) is 0 Å². The molecule has 26 heavy (non-hydrogen) atoms. The average molecular weight is 376 g/mol. The number of carbonyl (C=O) groups is 1. The summed E-state index contributed by atoms with van der Waals surface area (Å²) >= 11 is 1.34. The fourth-order valence-electron chi connectivity index (χ4n) is 2.94. The van der Waals surface area contributed by atoms with Crippen molar-refractivity contribution < 1.29 is 14.5 Å². The normalized spacial score (nSPS) is 14.8. The number of anilines is 1. The number of rotatable bonds is 6. The van der Waals surface area contributed by atoms with E-state index in [9.17, 15) is 14.9 Å². The SMILES string of the molecule is COc1ccc([N+](=O)[O-])cc1C(=O)Nc1nc(CN2CCCCC2)cs1. The molecule has 8 nitrogen and oxygen atoms in total. The van der Waals surface area contributed by atoms with Gasteiger partial charge in [0.15, 0.2) is 5.13 Å². The predicted molar refractivity (Wildman–Crippen MR) is 98.8 cm³/mol. The molecule has 1 aliphatic rings. The molecule has 2 aromatic rings. The highest BCUT2D eigenvalue weighted by Crippen LogP contribution is 2.26. The third kappa shape index (κ3) is 4.36. The van der Waals surface area contributed by atoms with Gasteiger partial charge in [-0.05, 0) is 32.0 Å². The van der Waals surface area contributed by atoms with E-state index < -0.39 is 10.8 Å². The van der Waals surface area contributed by atoms with Crippen molar-refractivity contribution in [3.63, 3.8) is 0 Å². The molecule has 1 amide bonds. The molecule has 0 radical (unpaired) electrons. The van der Waals surface area contributed by atoms with Crippen LogP contribution < -0.4 is 10.1 Å². The van der Waals surface area contributed by atoms with Crippen LogP contribution in [0.1, 0.15) is 35.3 Å². The van der Waals surface area contributed by atoms with Crippen LogP contribution in [-0.4, -0.2) is 40.9 Å². The first-order chi connectivity index (χ1) is 12.6. The molecular formula is C17H20N4O4S. The number of hydrogen-bond acceptors (Lipinski definition) is 7. The highest BCUT2D eigenvalue weighted by Gasteiger charge is 2.19. The smallest absolute Gasteiger partial charge is 0.270 e. The lowest BCUT2D eigenvalue weighted by Crippen LogP contribution is -2.29. The Morgan fingerprint density at radius 3 is 2.85 bits per heavy atom. The summed E-state index contributed by atoms with van der Waals surface area (Å²) < 4.78 is 5.14. The predicted octanol–water partition coefficient (Wildman–Crippen LogP) is 3.30. The number of nitrogens with one attached hydrogen (secondary N) is 1. The molecule has 0 saturated carbocycles. The number of carbonyl (C=O) groups excluding carboxylic acids is 1. The van der Waals surface area contributed by atoms with Crippen LogP contribution >= 0.6 is 11.3 Å². The standard InChI is InChI=1S/C17H20N4O4S/c1-25-15-6-5-13(21(23)24)9-14(15)16(22)19-17-18-12(11-26-17)10-20-7-3-2-4-8-20/h5-6,9,11H,2-4,7-8,10H2,1H3,(H,18,19,22). The lowest BCUT2D eigenvalue weighted by atomic mass is 10.1. The van der Waals surface area contributed by atoms with E-state index in [1.54, 1.807) is 0 Å². The van der Waals surface area contributed by atoms with Gasteiger partial charge in [-0.1, -0.05) is 6.42 Å². The number of nitrogens with zero attached hydrogens (tertiary/aromatic N) is 3. The van der Waals surface area contributed by atoms with Crippen molar-refractivity contribution in [2.24, 2.45) is 0 Å². The van der Waals surface area contributed by atoms with E-state index in [1.807, 2.05) is 5.38 Å². The molecule has 1 N–H and O–H groups in total. The zero-order valence-corrected chi connectivity index (χ0v) is 15.3. The van der Waals surface area contributed by atoms with Crippen molar-refractivity contribution >= 4 is 28.1 Å². The Morgan fingerprint density at radius 1 is 1.38 bits per heavy atom. The number of ether oxygens (including phenoxy) is 1. The maximum Gasteiger partial charge on any atom is 0.270 e. The van der Waals surface area contributed by atoms with Gasteiger partial charge in [0, 0.05) is 24.1 Å². The number of nitro groups is 1. The monoisotopic (exact) mass is 376 g/mol. The fourth-order valence-corrected chi connectivity index (χ4v) is 3.63. The van der Waals surface area contributed by atoms with Gasteiger partial charge in [0.1, 0.15) is 5.75 Å². The third-order valence-electron chi connectivity index (χ3n) is 4.25. The van der Waals surface area contributed by atoms with Crippen LogP contribution in [0.15, 0.2) is 23.6 Å². The molecule has 0 unspecified atom stereocenters. The van der Waals surface area contributed by atoms with Gasteiger partial charge in [0.05, 0.1) is 23.3 Å². The van der Waals surface area contributed by atoms with Crippen molar-refractivity contribution in [2.45, 2.75) is 25.8 Å². The van der Waals surface area contributed by atoms with Gasteiger partial charge in [0.2, 0.25) is 0 Å². The summed E-state index contributed by atoms with van der Waals surface area (Å²) in [5.41, 5.74) is 0.855. The summed E-state index contributed by atoms with van der Waals surface area (Å²) in [5.74, 6) is -0.206. The molecule has 1 aromatic heterocycles. The Bertz CT molecular complexity index is 802. The quantitative estimate of drug-likeness (QED) is 0.614. The fraction of sp³-hybridized carbons (Fsp3) is 0.412. The molecule has 0 bridgehead atoms. The highest BCUT2D eigenvalue weighted by molar-refractivity contribution is 7.14. The van der Waals surface area contributed by atoms with E-state index >= 15 is 0 Å². The van der Waals surface area contributed by atoms with Gasteiger partial charge < -0.3 is 4.74 Å². The molecule has 1 aliphatic heterocycles. The van der Waals surface area contributed by atoms with Gasteiger partial charge in [-0.25, -0.2) is 4.98 Å². The number of methoxy groups -OCH3 is 1. The van der Waals surface area contributed by atoms with E-state index in [-0.39, 0.29) is 17.0 Å². The van der Waals surface area contributed by atoms with Crippen LogP contribution in [0, 0.1) is 10.1 Å². The maximum atomic E-state index is 12.5. The van der Waals surface area contributed by atoms with Crippen LogP contribution in [0.2, 0.25) is 0 Å². The number of hydrogen-bond donors (Lipinski definition) is 1. The Balaban J connectivity index is 1.70. The Hall–Kier alpha value is -2.52. The Morgan fingerprint density at radius 2 is 2.15 bits per heavy atom. The molecule has 1 fully saturated rings. The number of amides is 1. The van der Waals surface area contributed by atoms with Crippen molar-refractivity contribution in [2.75, 3.05) is 25.5 Å². The van der Waals surface area contributed by atoms with Crippen LogP contribution in [0.25, 0.3) is 0 Å². The second-order valence-electron chi connectivity index (χ2n) is 6.08. The third-order valence-corrected chi connectivity index (χ3v) is 5.05. The molecule has 138 valence electrons. The average Bonchev–Trinajstić information content (AvgIpc) is 3.08. The van der Waals surface area contributed by atoms with Crippen LogP contribution in [0.5, 0.6) is 5.75 Å². The molecule has 9 heteroatoms. The number of likely N-dealkylation sites (tertiary alicyclic amines) is 1. The zero-order chi connectivity index (χ0) is 18.5. The van der Waals surface area contributed by atoms with Crippen molar-refractivity contribution in [3.8, 4) is 5.75 Å². The van der Waals surface area contributed by atoms with E-state index in [0.717, 1.165) is 25.3 Å². The summed E-state index contributed by atoms with van der Waals surface area (Å²) in [4.78, 5) is 29.7. The minimum absolute atomic E-state index is 0.106. The Labute approximate surface area is 154 Å². The van der Waals surface area contributed by atoms with Gasteiger partial charge in [-0.3, -0.25) is 25.1 Å². The first-order valence-corrected chi connectivity index (χ1v) is 9.25. The van der Waals surface area contributed by atoms with E-state index in [4.69, 9.17) is 4.74 Å². The van der Waals surface area contributed by atoms with Crippen LogP contribution in [0.3, 0.4) is 0 Å². The van der Waals surface area contributed by atoms with Gasteiger partial charge in [-0.15, -0.1) is 11.3 Å². The molecule has 3 rings (SSSR count). The summed E-state index contributed by atoms with van der Waals surface area (Å²) in [5, 5.41) is 16.0. The lowest BCUT2D eigenvalue weighted by molar-refractivity contribution is -0.384. The lowest BCUT2D eigenvalue weighted by Gasteiger charge is -2.25. The molecule has 0 spiro atoms. The Kier molecular flexibility index (Phi) is 5.79. The van der Waals surface area contributed by atoms with Crippen LogP contribution in [-0.2, 0) is 6.54 Å². The zero-order valence-electron chi connectivity index (χ0n) is 14.4. The van der Waals surface area contributed by atoms with E-state index in [1.165, 1.54) is 55.9 Å². The highest BCUT2D eigenvalue weighted by atomic mass is 32.1. The first kappa shape index (κ1) is 18.3. The molecule has 1 aromatic carbocycles. The molecule has 0 atom stereocenters. The van der Waals surface area contributed by atoms with Crippen LogP contribution in [0.4, 0.5) is 10.8 Å².